The van der Waals surface area contributed by atoms with Crippen molar-refractivity contribution in [2.75, 3.05) is 19.6 Å². The summed E-state index contributed by atoms with van der Waals surface area (Å²) in [6.07, 6.45) is 27.7. The van der Waals surface area contributed by atoms with Gasteiger partial charge in [-0.2, -0.15) is 0 Å². The zero-order valence-electron chi connectivity index (χ0n) is 22.6. The van der Waals surface area contributed by atoms with Crippen molar-refractivity contribution in [2.45, 2.75) is 162 Å². The van der Waals surface area contributed by atoms with Crippen molar-refractivity contribution < 1.29 is 5.11 Å². The quantitative estimate of drug-likeness (QED) is 0.104. The number of allylic oxidation sites excluding steroid dienone is 1. The molecule has 2 heteroatoms. The molecular weight excluding hydrogens is 390 g/mol. The zero-order chi connectivity index (χ0) is 23.7. The third kappa shape index (κ3) is 24.3. The number of aliphatic hydroxyl groups is 1. The van der Waals surface area contributed by atoms with Crippen molar-refractivity contribution in [3.63, 3.8) is 0 Å². The molecule has 1 N–H and O–H groups in total. The average molecular weight is 452 g/mol. The van der Waals surface area contributed by atoms with E-state index in [2.05, 4.69) is 32.3 Å². The van der Waals surface area contributed by atoms with Crippen LogP contribution in [-0.4, -0.2) is 35.7 Å². The van der Waals surface area contributed by atoms with E-state index in [0.717, 1.165) is 32.5 Å². The molecule has 0 heterocycles. The SMILES string of the molecule is C=C(C)CCCN(CCCCCCCCCCCC)CC(O)CCCCCCCCCC. The lowest BCUT2D eigenvalue weighted by Crippen LogP contribution is -2.34. The number of nitrogens with zero attached hydrogens (tertiary/aromatic N) is 1. The molecule has 0 aromatic carbocycles. The summed E-state index contributed by atoms with van der Waals surface area (Å²) in [5.41, 5.74) is 1.28. The lowest BCUT2D eigenvalue weighted by Gasteiger charge is -2.25. The number of unbranched alkanes of at least 4 members (excludes halogenated alkanes) is 16. The lowest BCUT2D eigenvalue weighted by molar-refractivity contribution is 0.101. The van der Waals surface area contributed by atoms with E-state index in [-0.39, 0.29) is 6.10 Å². The molecule has 1 unspecified atom stereocenters. The zero-order valence-corrected chi connectivity index (χ0v) is 22.6. The Kier molecular flexibility index (Phi) is 25.0. The van der Waals surface area contributed by atoms with Crippen LogP contribution in [0.25, 0.3) is 0 Å². The van der Waals surface area contributed by atoms with Gasteiger partial charge in [0.2, 0.25) is 0 Å². The largest absolute Gasteiger partial charge is 0.392 e. The van der Waals surface area contributed by atoms with E-state index < -0.39 is 0 Å². The highest BCUT2D eigenvalue weighted by molar-refractivity contribution is 4.87. The molecule has 32 heavy (non-hydrogen) atoms. The van der Waals surface area contributed by atoms with E-state index in [9.17, 15) is 5.11 Å². The number of hydrogen-bond donors (Lipinski definition) is 1. The van der Waals surface area contributed by atoms with Crippen molar-refractivity contribution in [2.24, 2.45) is 0 Å². The fourth-order valence-corrected chi connectivity index (χ4v) is 4.62. The molecule has 0 amide bonds. The molecule has 1 atom stereocenters. The van der Waals surface area contributed by atoms with E-state index in [0.29, 0.717) is 0 Å². The van der Waals surface area contributed by atoms with E-state index in [1.807, 2.05) is 0 Å². The first-order valence-electron chi connectivity index (χ1n) is 14.6. The van der Waals surface area contributed by atoms with Crippen LogP contribution in [0.4, 0.5) is 0 Å². The van der Waals surface area contributed by atoms with Crippen molar-refractivity contribution in [3.05, 3.63) is 12.2 Å². The Hall–Kier alpha value is -0.340. The van der Waals surface area contributed by atoms with Crippen molar-refractivity contribution in [1.82, 2.24) is 4.90 Å². The van der Waals surface area contributed by atoms with Crippen LogP contribution < -0.4 is 0 Å². The first-order valence-corrected chi connectivity index (χ1v) is 14.6. The van der Waals surface area contributed by atoms with Gasteiger partial charge in [-0.25, -0.2) is 0 Å². The second-order valence-corrected chi connectivity index (χ2v) is 10.5. The van der Waals surface area contributed by atoms with Gasteiger partial charge in [0.25, 0.3) is 0 Å². The van der Waals surface area contributed by atoms with Crippen LogP contribution >= 0.6 is 0 Å². The molecule has 0 saturated heterocycles. The summed E-state index contributed by atoms with van der Waals surface area (Å²) >= 11 is 0. The van der Waals surface area contributed by atoms with E-state index in [1.165, 1.54) is 128 Å². The third-order valence-corrected chi connectivity index (χ3v) is 6.77. The van der Waals surface area contributed by atoms with E-state index in [1.54, 1.807) is 0 Å². The summed E-state index contributed by atoms with van der Waals surface area (Å²) in [4.78, 5) is 2.53. The maximum absolute atomic E-state index is 10.6. The molecule has 0 radical (unpaired) electrons. The van der Waals surface area contributed by atoms with Crippen LogP contribution in [0.15, 0.2) is 12.2 Å². The monoisotopic (exact) mass is 451 g/mol. The number of rotatable bonds is 26. The van der Waals surface area contributed by atoms with Gasteiger partial charge >= 0.3 is 0 Å². The summed E-state index contributed by atoms with van der Waals surface area (Å²) in [6.45, 7) is 13.9. The highest BCUT2D eigenvalue weighted by atomic mass is 16.3. The summed E-state index contributed by atoms with van der Waals surface area (Å²) in [5.74, 6) is 0. The van der Waals surface area contributed by atoms with E-state index in [4.69, 9.17) is 0 Å². The lowest BCUT2D eigenvalue weighted by atomic mass is 10.0. The molecule has 0 bridgehead atoms. The summed E-state index contributed by atoms with van der Waals surface area (Å²) in [7, 11) is 0. The Labute approximate surface area is 203 Å². The van der Waals surface area contributed by atoms with Gasteiger partial charge in [-0.05, 0) is 45.7 Å². The van der Waals surface area contributed by atoms with Crippen molar-refractivity contribution in [1.29, 1.82) is 0 Å². The number of aliphatic hydroxyl groups excluding tert-OH is 1. The minimum atomic E-state index is -0.150. The van der Waals surface area contributed by atoms with Crippen LogP contribution in [0.1, 0.15) is 156 Å². The Balaban J connectivity index is 3.90. The van der Waals surface area contributed by atoms with Gasteiger partial charge in [0.05, 0.1) is 6.10 Å². The second-order valence-electron chi connectivity index (χ2n) is 10.5. The minimum absolute atomic E-state index is 0.150. The Morgan fingerprint density at radius 2 is 1.03 bits per heavy atom. The maximum atomic E-state index is 10.6. The molecule has 0 spiro atoms. The smallest absolute Gasteiger partial charge is 0.0667 e. The van der Waals surface area contributed by atoms with Gasteiger partial charge in [-0.15, -0.1) is 6.58 Å². The first-order chi connectivity index (χ1) is 15.6. The molecule has 0 aromatic heterocycles. The van der Waals surface area contributed by atoms with E-state index >= 15 is 0 Å². The fraction of sp³-hybridized carbons (Fsp3) is 0.933. The predicted octanol–water partition coefficient (Wildman–Crippen LogP) is 9.46. The van der Waals surface area contributed by atoms with Gasteiger partial charge in [-0.1, -0.05) is 129 Å². The summed E-state index contributed by atoms with van der Waals surface area (Å²) in [5, 5.41) is 10.6. The van der Waals surface area contributed by atoms with Gasteiger partial charge in [0.15, 0.2) is 0 Å². The van der Waals surface area contributed by atoms with Crippen LogP contribution in [-0.2, 0) is 0 Å². The molecule has 0 aliphatic heterocycles. The molecule has 0 aliphatic rings. The Bertz CT molecular complexity index is 381. The van der Waals surface area contributed by atoms with Gasteiger partial charge in [0.1, 0.15) is 0 Å². The highest BCUT2D eigenvalue weighted by Gasteiger charge is 2.11. The second kappa shape index (κ2) is 25.3. The maximum Gasteiger partial charge on any atom is 0.0667 e. The fourth-order valence-electron chi connectivity index (χ4n) is 4.62. The first kappa shape index (κ1) is 31.7. The Morgan fingerprint density at radius 1 is 0.625 bits per heavy atom. The molecule has 0 rings (SSSR count). The van der Waals surface area contributed by atoms with Crippen LogP contribution in [0.2, 0.25) is 0 Å². The van der Waals surface area contributed by atoms with Crippen molar-refractivity contribution >= 4 is 0 Å². The topological polar surface area (TPSA) is 23.5 Å². The third-order valence-electron chi connectivity index (χ3n) is 6.77. The van der Waals surface area contributed by atoms with Crippen LogP contribution in [0.3, 0.4) is 0 Å². The molecule has 192 valence electrons. The molecular formula is C30H61NO. The van der Waals surface area contributed by atoms with Crippen LogP contribution in [0, 0.1) is 0 Å². The van der Waals surface area contributed by atoms with Gasteiger partial charge < -0.3 is 10.0 Å². The molecule has 0 aromatic rings. The van der Waals surface area contributed by atoms with Gasteiger partial charge in [-0.3, -0.25) is 0 Å². The Morgan fingerprint density at radius 3 is 1.50 bits per heavy atom. The van der Waals surface area contributed by atoms with Crippen LogP contribution in [0.5, 0.6) is 0 Å². The minimum Gasteiger partial charge on any atom is -0.392 e. The predicted molar refractivity (Wildman–Crippen MR) is 146 cm³/mol. The molecule has 0 saturated carbocycles. The average Bonchev–Trinajstić information content (AvgIpc) is 2.76. The van der Waals surface area contributed by atoms with Gasteiger partial charge in [0, 0.05) is 6.54 Å². The normalized spacial score (nSPS) is 12.5. The molecule has 0 aliphatic carbocycles. The standard InChI is InChI=1S/C30H61NO/c1-5-7-9-11-13-15-16-18-20-22-26-31(27-23-24-29(3)4)28-30(32)25-21-19-17-14-12-10-8-6-2/h30,32H,3,5-28H2,1-2,4H3. The molecule has 2 nitrogen and oxygen atoms in total. The van der Waals surface area contributed by atoms with Crippen molar-refractivity contribution in [3.8, 4) is 0 Å². The molecule has 0 fully saturated rings. The summed E-state index contributed by atoms with van der Waals surface area (Å²) in [6, 6.07) is 0. The number of hydrogen-bond acceptors (Lipinski definition) is 2. The highest BCUT2D eigenvalue weighted by Crippen LogP contribution is 2.14. The summed E-state index contributed by atoms with van der Waals surface area (Å²) < 4.78 is 0.